The number of likely N-dealkylation sites (N-methyl/N-ethyl adjacent to an activating group) is 1. The molecule has 0 radical (unpaired) electrons. The van der Waals surface area contributed by atoms with Gasteiger partial charge in [0.1, 0.15) is 0 Å². The summed E-state index contributed by atoms with van der Waals surface area (Å²) in [5.41, 5.74) is 0. The first-order chi connectivity index (χ1) is 9.63. The number of nitrogens with one attached hydrogen (secondary N) is 1. The van der Waals surface area contributed by atoms with Crippen LogP contribution in [0.2, 0.25) is 0 Å². The predicted molar refractivity (Wildman–Crippen MR) is 89.8 cm³/mol. The van der Waals surface area contributed by atoms with E-state index in [0.29, 0.717) is 37.8 Å². The molecule has 0 aromatic rings. The molecule has 2 fully saturated rings. The van der Waals surface area contributed by atoms with Crippen molar-refractivity contribution in [2.24, 2.45) is 0 Å². The van der Waals surface area contributed by atoms with Gasteiger partial charge >= 0.3 is 0 Å². The molecule has 2 atom stereocenters. The molecule has 0 saturated carbocycles. The molecule has 2 unspecified atom stereocenters. The van der Waals surface area contributed by atoms with Crippen LogP contribution in [0.4, 0.5) is 0 Å². The lowest BCUT2D eigenvalue weighted by molar-refractivity contribution is -0.131. The maximum absolute atomic E-state index is 12.3. The number of fused-ring (bicyclic) bond motifs is 2. The molecule has 120 valence electrons. The Balaban J connectivity index is 0.00000220. The van der Waals surface area contributed by atoms with E-state index < -0.39 is 0 Å². The third kappa shape index (κ3) is 4.83. The lowest BCUT2D eigenvalue weighted by atomic mass is 9.98. The number of piperidine rings is 1. The quantitative estimate of drug-likeness (QED) is 0.728. The highest BCUT2D eigenvalue weighted by Gasteiger charge is 2.35. The monoisotopic (exact) mass is 313 g/mol. The zero-order chi connectivity index (χ0) is 14.5. The maximum atomic E-state index is 12.3. The third-order valence-electron chi connectivity index (χ3n) is 4.51. The van der Waals surface area contributed by atoms with E-state index in [1.54, 1.807) is 17.1 Å². The molecule has 2 heterocycles. The predicted octanol–water partition coefficient (Wildman–Crippen LogP) is 1.82. The first-order valence-electron chi connectivity index (χ1n) is 7.60. The van der Waals surface area contributed by atoms with Crippen molar-refractivity contribution >= 4 is 18.3 Å². The second kappa shape index (κ2) is 8.57. The number of nitrogens with zero attached hydrogens (tertiary/aromatic N) is 2. The van der Waals surface area contributed by atoms with Crippen molar-refractivity contribution < 1.29 is 4.79 Å². The summed E-state index contributed by atoms with van der Waals surface area (Å²) in [6, 6.07) is 1.86. The van der Waals surface area contributed by atoms with Gasteiger partial charge in [0.2, 0.25) is 5.91 Å². The van der Waals surface area contributed by atoms with Crippen LogP contribution in [0.25, 0.3) is 0 Å². The van der Waals surface area contributed by atoms with Gasteiger partial charge in [-0.05, 0) is 32.7 Å². The standard InChI is InChI=1S/C16H27N3O.ClH/c1-4-8-19(9-5-2)16(20)12-18(3)15-10-13-6-7-14(11-15)17-13;/h4-5,13-15,17H,1-2,6-12H2,3H3;1H. The highest BCUT2D eigenvalue weighted by Crippen LogP contribution is 2.29. The fraction of sp³-hybridized carbons (Fsp3) is 0.688. The Hall–Kier alpha value is -0.840. The van der Waals surface area contributed by atoms with Gasteiger partial charge in [0, 0.05) is 31.2 Å². The number of hydrogen-bond acceptors (Lipinski definition) is 3. The Morgan fingerprint density at radius 3 is 2.19 bits per heavy atom. The number of rotatable bonds is 7. The lowest BCUT2D eigenvalue weighted by Crippen LogP contribution is -2.49. The van der Waals surface area contributed by atoms with Crippen molar-refractivity contribution in [1.29, 1.82) is 0 Å². The molecular formula is C16H28ClN3O. The number of hydrogen-bond donors (Lipinski definition) is 1. The highest BCUT2D eigenvalue weighted by atomic mass is 35.5. The molecule has 5 heteroatoms. The Morgan fingerprint density at radius 2 is 1.71 bits per heavy atom. The van der Waals surface area contributed by atoms with Gasteiger partial charge in [-0.25, -0.2) is 0 Å². The molecule has 2 saturated heterocycles. The van der Waals surface area contributed by atoms with Gasteiger partial charge in [0.25, 0.3) is 0 Å². The van der Waals surface area contributed by atoms with Crippen molar-refractivity contribution in [2.75, 3.05) is 26.7 Å². The van der Waals surface area contributed by atoms with E-state index in [-0.39, 0.29) is 18.3 Å². The second-order valence-electron chi connectivity index (χ2n) is 6.05. The molecule has 0 aliphatic carbocycles. The fourth-order valence-corrected chi connectivity index (χ4v) is 3.42. The molecule has 1 N–H and O–H groups in total. The van der Waals surface area contributed by atoms with Crippen molar-refractivity contribution in [2.45, 2.75) is 43.8 Å². The van der Waals surface area contributed by atoms with E-state index in [9.17, 15) is 4.79 Å². The van der Waals surface area contributed by atoms with Crippen molar-refractivity contribution in [1.82, 2.24) is 15.1 Å². The number of carbonyl (C=O) groups excluding carboxylic acids is 1. The van der Waals surface area contributed by atoms with Gasteiger partial charge in [-0.1, -0.05) is 12.2 Å². The Bertz CT molecular complexity index is 353. The summed E-state index contributed by atoms with van der Waals surface area (Å²) in [6.07, 6.45) is 8.47. The highest BCUT2D eigenvalue weighted by molar-refractivity contribution is 5.85. The van der Waals surface area contributed by atoms with E-state index >= 15 is 0 Å². The molecule has 2 aliphatic heterocycles. The number of amides is 1. The molecule has 0 spiro atoms. The minimum absolute atomic E-state index is 0. The minimum atomic E-state index is 0. The van der Waals surface area contributed by atoms with E-state index in [2.05, 4.69) is 30.4 Å². The van der Waals surface area contributed by atoms with Crippen LogP contribution in [0.5, 0.6) is 0 Å². The minimum Gasteiger partial charge on any atom is -0.334 e. The smallest absolute Gasteiger partial charge is 0.237 e. The average Bonchev–Trinajstić information content (AvgIpc) is 2.77. The van der Waals surface area contributed by atoms with Crippen LogP contribution in [-0.2, 0) is 4.79 Å². The molecule has 21 heavy (non-hydrogen) atoms. The first-order valence-corrected chi connectivity index (χ1v) is 7.60. The van der Waals surface area contributed by atoms with Crippen LogP contribution in [0.3, 0.4) is 0 Å². The summed E-state index contributed by atoms with van der Waals surface area (Å²) in [4.78, 5) is 16.4. The summed E-state index contributed by atoms with van der Waals surface area (Å²) < 4.78 is 0. The summed E-state index contributed by atoms with van der Waals surface area (Å²) in [5, 5.41) is 3.64. The molecule has 2 aliphatic rings. The largest absolute Gasteiger partial charge is 0.334 e. The summed E-state index contributed by atoms with van der Waals surface area (Å²) in [7, 11) is 2.08. The SMILES string of the molecule is C=CCN(CC=C)C(=O)CN(C)C1CC2CCC(C1)N2.Cl. The number of carbonyl (C=O) groups is 1. The Labute approximate surface area is 134 Å². The molecular weight excluding hydrogens is 286 g/mol. The van der Waals surface area contributed by atoms with Gasteiger partial charge in [-0.2, -0.15) is 0 Å². The van der Waals surface area contributed by atoms with Crippen molar-refractivity contribution in [3.05, 3.63) is 25.3 Å². The van der Waals surface area contributed by atoms with Crippen molar-refractivity contribution in [3.63, 3.8) is 0 Å². The average molecular weight is 314 g/mol. The summed E-state index contributed by atoms with van der Waals surface area (Å²) in [5.74, 6) is 0.165. The van der Waals surface area contributed by atoms with Crippen LogP contribution < -0.4 is 5.32 Å². The molecule has 0 aromatic carbocycles. The van der Waals surface area contributed by atoms with Gasteiger partial charge in [-0.3, -0.25) is 9.69 Å². The normalized spacial score (nSPS) is 27.0. The second-order valence-corrected chi connectivity index (χ2v) is 6.05. The molecule has 2 rings (SSSR count). The summed E-state index contributed by atoms with van der Waals surface area (Å²) >= 11 is 0. The fourth-order valence-electron chi connectivity index (χ4n) is 3.42. The van der Waals surface area contributed by atoms with Gasteiger partial charge in [0.15, 0.2) is 0 Å². The first kappa shape index (κ1) is 18.2. The number of halogens is 1. The molecule has 1 amide bonds. The summed E-state index contributed by atoms with van der Waals surface area (Å²) in [6.45, 7) is 9.10. The topological polar surface area (TPSA) is 35.6 Å². The van der Waals surface area contributed by atoms with Gasteiger partial charge in [-0.15, -0.1) is 25.6 Å². The van der Waals surface area contributed by atoms with Crippen LogP contribution >= 0.6 is 12.4 Å². The van der Waals surface area contributed by atoms with Crippen LogP contribution in [0.15, 0.2) is 25.3 Å². The molecule has 4 nitrogen and oxygen atoms in total. The zero-order valence-corrected chi connectivity index (χ0v) is 13.8. The molecule has 2 bridgehead atoms. The lowest BCUT2D eigenvalue weighted by Gasteiger charge is -2.36. The van der Waals surface area contributed by atoms with Crippen LogP contribution in [0, 0.1) is 0 Å². The van der Waals surface area contributed by atoms with Crippen molar-refractivity contribution in [3.8, 4) is 0 Å². The Kier molecular flexibility index (Phi) is 7.43. The van der Waals surface area contributed by atoms with Crippen LogP contribution in [0.1, 0.15) is 25.7 Å². The van der Waals surface area contributed by atoms with E-state index in [1.165, 1.54) is 25.7 Å². The van der Waals surface area contributed by atoms with Gasteiger partial charge < -0.3 is 10.2 Å². The van der Waals surface area contributed by atoms with E-state index in [4.69, 9.17) is 0 Å². The van der Waals surface area contributed by atoms with Crippen LogP contribution in [-0.4, -0.2) is 60.5 Å². The Morgan fingerprint density at radius 1 is 1.19 bits per heavy atom. The maximum Gasteiger partial charge on any atom is 0.237 e. The van der Waals surface area contributed by atoms with E-state index in [0.717, 1.165) is 0 Å². The zero-order valence-electron chi connectivity index (χ0n) is 13.0. The third-order valence-corrected chi connectivity index (χ3v) is 4.51. The van der Waals surface area contributed by atoms with Gasteiger partial charge in [0.05, 0.1) is 6.54 Å². The van der Waals surface area contributed by atoms with E-state index in [1.807, 2.05) is 0 Å². The molecule has 0 aromatic heterocycles.